The van der Waals surface area contributed by atoms with E-state index in [9.17, 15) is 25.9 Å². The molecule has 0 saturated carbocycles. The zero-order valence-electron chi connectivity index (χ0n) is 31.8. The number of hydrogen-bond donors (Lipinski definition) is 4. The second-order valence-corrected chi connectivity index (χ2v) is 15.2. The first-order valence-electron chi connectivity index (χ1n) is 18.5. The molecule has 0 fully saturated rings. The van der Waals surface area contributed by atoms with E-state index >= 15 is 0 Å². The molecule has 2 aromatic rings. The Morgan fingerprint density at radius 2 is 0.660 bits per heavy atom. The van der Waals surface area contributed by atoms with Gasteiger partial charge in [-0.25, -0.2) is 26.4 Å². The normalized spacial score (nSPS) is 10.6. The molecular weight excluding hydrogens is 737 g/mol. The van der Waals surface area contributed by atoms with Crippen molar-refractivity contribution in [2.24, 2.45) is 0 Å². The molecule has 0 aliphatic rings. The van der Waals surface area contributed by atoms with Gasteiger partial charge < -0.3 is 29.5 Å². The molecule has 4 N–H and O–H groups in total. The molecule has 0 bridgehead atoms. The Labute approximate surface area is 334 Å². The van der Waals surface area contributed by atoms with E-state index in [1.54, 1.807) is 36.4 Å². The van der Waals surface area contributed by atoms with Crippen LogP contribution in [0.4, 0.5) is 9.59 Å². The van der Waals surface area contributed by atoms with Gasteiger partial charge in [0.1, 0.15) is 20.2 Å². The van der Waals surface area contributed by atoms with Gasteiger partial charge in [-0.05, 0) is 48.9 Å². The van der Waals surface area contributed by atoms with Crippen LogP contribution < -0.4 is 0 Å². The topological polar surface area (TPSA) is 229 Å². The molecule has 0 atom stereocenters. The van der Waals surface area contributed by atoms with Crippen LogP contribution in [0, 0.1) is 0 Å². The minimum atomic E-state index is -4.35. The molecule has 0 amide bonds. The van der Waals surface area contributed by atoms with Gasteiger partial charge in [-0.1, -0.05) is 166 Å². The van der Waals surface area contributed by atoms with Gasteiger partial charge in [0.15, 0.2) is 0 Å². The Kier molecular flexibility index (Phi) is 36.5. The zero-order valence-corrected chi connectivity index (χ0v) is 34.8. The van der Waals surface area contributed by atoms with E-state index in [2.05, 4.69) is 13.8 Å². The third-order valence-electron chi connectivity index (χ3n) is 8.08. The van der Waals surface area contributed by atoms with Gasteiger partial charge in [0.05, 0.1) is 9.79 Å². The number of unbranched alkanes of at least 4 members (excludes halogenated alkanes) is 18. The molecule has 0 spiro atoms. The maximum Gasteiger partial charge on any atom is 2.00 e. The van der Waals surface area contributed by atoms with Gasteiger partial charge in [-0.2, -0.15) is 0 Å². The van der Waals surface area contributed by atoms with Gasteiger partial charge in [-0.15, -0.1) is 0 Å². The fourth-order valence-electron chi connectivity index (χ4n) is 5.51. The van der Waals surface area contributed by atoms with Crippen molar-refractivity contribution in [3.63, 3.8) is 0 Å². The van der Waals surface area contributed by atoms with E-state index in [1.165, 1.54) is 115 Å². The van der Waals surface area contributed by atoms with E-state index in [4.69, 9.17) is 30.0 Å². The van der Waals surface area contributed by atoms with Gasteiger partial charge in [0.2, 0.25) is 0 Å². The second kappa shape index (κ2) is 35.3. The van der Waals surface area contributed by atoms with Crippen LogP contribution in [0.25, 0.3) is 0 Å². The van der Waals surface area contributed by atoms with Crippen molar-refractivity contribution in [3.05, 3.63) is 59.7 Å². The van der Waals surface area contributed by atoms with Crippen LogP contribution in [0.1, 0.15) is 153 Å². The van der Waals surface area contributed by atoms with Crippen molar-refractivity contribution in [1.82, 2.24) is 0 Å². The largest absolute Gasteiger partial charge is 2.00 e. The summed E-state index contributed by atoms with van der Waals surface area (Å²) in [4.78, 5) is 17.0. The van der Waals surface area contributed by atoms with Crippen molar-refractivity contribution in [1.29, 1.82) is 0 Å². The molecule has 0 aromatic heterocycles. The summed E-state index contributed by atoms with van der Waals surface area (Å²) in [6.07, 6.45) is 22.6. The van der Waals surface area contributed by atoms with Crippen LogP contribution in [-0.4, -0.2) is 81.7 Å². The van der Waals surface area contributed by atoms with Crippen molar-refractivity contribution >= 4 is 55.6 Å². The maximum atomic E-state index is 11.2. The second-order valence-electron chi connectivity index (χ2n) is 12.6. The molecule has 15 heteroatoms. The summed E-state index contributed by atoms with van der Waals surface area (Å²) in [5.41, 5.74) is 1.33. The standard InChI is InChI=1S/2C18H30O3S.2CH2O3.Mg/c2*1-2-3-4-5-6-7-8-9-10-11-14-17-15-12-13-16-18(17)22(19,20)21;2*2-1(3)4;/h2*12-13,15-16H,2-11,14H2,1H3,(H,19,20,21);2*(H2,2,3,4);/q;;;;+2/p-2. The fraction of sp³-hybridized carbons (Fsp3) is 0.632. The van der Waals surface area contributed by atoms with Crippen LogP contribution in [-0.2, 0) is 33.1 Å². The average molecular weight is 799 g/mol. The summed E-state index contributed by atoms with van der Waals surface area (Å²) in [5, 5.41) is 27.9. The molecule has 12 nitrogen and oxygen atoms in total. The number of carboxylic acid groups (broad SMARTS) is 4. The Hall–Kier alpha value is -2.43. The molecule has 53 heavy (non-hydrogen) atoms. The molecular formula is C38H62MgO12S2. The molecule has 0 unspecified atom stereocenters. The number of aryl methyl sites for hydroxylation is 2. The van der Waals surface area contributed by atoms with Gasteiger partial charge in [0, 0.05) is 0 Å². The molecule has 300 valence electrons. The first-order chi connectivity index (χ1) is 24.6. The van der Waals surface area contributed by atoms with Crippen LogP contribution in [0.5, 0.6) is 0 Å². The molecule has 0 heterocycles. The molecule has 0 saturated heterocycles. The Morgan fingerprint density at radius 1 is 0.453 bits per heavy atom. The van der Waals surface area contributed by atoms with Gasteiger partial charge in [0.25, 0.3) is 0 Å². The molecule has 2 aromatic carbocycles. The minimum absolute atomic E-state index is 0. The monoisotopic (exact) mass is 798 g/mol. The first-order valence-corrected chi connectivity index (χ1v) is 21.3. The summed E-state index contributed by atoms with van der Waals surface area (Å²) in [6, 6.07) is 13.1. The summed E-state index contributed by atoms with van der Waals surface area (Å²) in [5.74, 6) is 0. The van der Waals surface area contributed by atoms with Crippen molar-refractivity contribution in [3.8, 4) is 0 Å². The van der Waals surface area contributed by atoms with E-state index in [1.807, 2.05) is 0 Å². The van der Waals surface area contributed by atoms with E-state index in [-0.39, 0.29) is 32.8 Å². The zero-order chi connectivity index (χ0) is 39.7. The summed E-state index contributed by atoms with van der Waals surface area (Å²) < 4.78 is 67.1. The third-order valence-corrected chi connectivity index (χ3v) is 9.96. The van der Waals surface area contributed by atoms with Crippen molar-refractivity contribution < 1.29 is 56.0 Å². The van der Waals surface area contributed by atoms with Crippen LogP contribution in [0.15, 0.2) is 58.3 Å². The van der Waals surface area contributed by atoms with Crippen LogP contribution in [0.3, 0.4) is 0 Å². The Balaban J connectivity index is -0.000000771. The molecule has 0 aliphatic heterocycles. The van der Waals surface area contributed by atoms with Gasteiger partial charge >= 0.3 is 35.4 Å². The SMILES string of the molecule is CCCCCCCCCCCCc1ccccc1S(=O)(=O)[O-].CCCCCCCCCCCCc1ccccc1S(=O)(=O)[O-].O=C(O)O.O=C(O)O.[Mg+2]. The van der Waals surface area contributed by atoms with Crippen LogP contribution in [0.2, 0.25) is 0 Å². The van der Waals surface area contributed by atoms with Crippen LogP contribution >= 0.6 is 0 Å². The number of rotatable bonds is 24. The smallest absolute Gasteiger partial charge is 0.744 e. The van der Waals surface area contributed by atoms with E-state index < -0.39 is 32.5 Å². The third kappa shape index (κ3) is 36.3. The van der Waals surface area contributed by atoms with Crippen molar-refractivity contribution in [2.45, 2.75) is 165 Å². The predicted octanol–water partition coefficient (Wildman–Crippen LogP) is 10.2. The Bertz CT molecular complexity index is 1300. The Morgan fingerprint density at radius 3 is 0.887 bits per heavy atom. The summed E-state index contributed by atoms with van der Waals surface area (Å²) in [7, 11) is -8.69. The number of carbonyl (C=O) groups is 2. The van der Waals surface area contributed by atoms with E-state index in [0.29, 0.717) is 24.0 Å². The minimum Gasteiger partial charge on any atom is -0.744 e. The van der Waals surface area contributed by atoms with Gasteiger partial charge in [-0.3, -0.25) is 0 Å². The van der Waals surface area contributed by atoms with E-state index in [0.717, 1.165) is 25.7 Å². The maximum absolute atomic E-state index is 11.2. The molecule has 0 aliphatic carbocycles. The summed E-state index contributed by atoms with van der Waals surface area (Å²) >= 11 is 0. The molecule has 0 radical (unpaired) electrons. The van der Waals surface area contributed by atoms with Crippen molar-refractivity contribution in [2.75, 3.05) is 0 Å². The predicted molar refractivity (Wildman–Crippen MR) is 207 cm³/mol. The first kappa shape index (κ1) is 54.9. The quantitative estimate of drug-likeness (QED) is 0.0441. The average Bonchev–Trinajstić information content (AvgIpc) is 3.06. The molecule has 2 rings (SSSR count). The number of hydrogen-bond acceptors (Lipinski definition) is 8. The summed E-state index contributed by atoms with van der Waals surface area (Å²) in [6.45, 7) is 4.46. The fourth-order valence-corrected chi connectivity index (χ4v) is 6.99. The number of benzene rings is 2.